The molecule has 31 heavy (non-hydrogen) atoms. The van der Waals surface area contributed by atoms with E-state index in [1.807, 2.05) is 6.07 Å². The van der Waals surface area contributed by atoms with Crippen LogP contribution >= 0.6 is 11.3 Å². The Kier molecular flexibility index (Phi) is 5.63. The molecule has 1 amide bonds. The van der Waals surface area contributed by atoms with E-state index in [9.17, 15) is 13.2 Å². The van der Waals surface area contributed by atoms with Crippen molar-refractivity contribution >= 4 is 32.8 Å². The number of methoxy groups -OCH3 is 3. The van der Waals surface area contributed by atoms with E-state index in [0.717, 1.165) is 10.4 Å². The zero-order chi connectivity index (χ0) is 22.2. The van der Waals surface area contributed by atoms with Crippen molar-refractivity contribution in [2.24, 2.45) is 0 Å². The van der Waals surface area contributed by atoms with Gasteiger partial charge in [-0.1, -0.05) is 6.07 Å². The Bertz CT molecular complexity index is 1230. The number of hydrogen-bond acceptors (Lipinski definition) is 7. The van der Waals surface area contributed by atoms with Crippen LogP contribution in [0, 0.1) is 0 Å². The standard InChI is InChI=1S/C22H21NO6S2/c1-27-13-4-7-15(8-5-13)31(25,26)19-12-30-22-17(11-20(24)23-21(19)22)16-9-6-14(28-2)10-18(16)29-3/h4-10,12,17H,11H2,1-3H3,(H,23,24)/t17-/m1/s1. The second-order valence-electron chi connectivity index (χ2n) is 6.93. The second kappa shape index (κ2) is 8.24. The van der Waals surface area contributed by atoms with Crippen LogP contribution in [0.5, 0.6) is 17.2 Å². The minimum atomic E-state index is -3.83. The zero-order valence-corrected chi connectivity index (χ0v) is 18.8. The van der Waals surface area contributed by atoms with Gasteiger partial charge in [0.15, 0.2) is 0 Å². The third-order valence-electron chi connectivity index (χ3n) is 5.23. The number of anilines is 1. The lowest BCUT2D eigenvalue weighted by Gasteiger charge is -2.25. The molecule has 1 aliphatic rings. The molecule has 2 heterocycles. The van der Waals surface area contributed by atoms with E-state index in [1.54, 1.807) is 43.9 Å². The number of sulfone groups is 1. The molecule has 9 heteroatoms. The summed E-state index contributed by atoms with van der Waals surface area (Å²) in [4.78, 5) is 13.5. The molecule has 0 radical (unpaired) electrons. The molecule has 2 aromatic carbocycles. The fourth-order valence-electron chi connectivity index (χ4n) is 3.64. The van der Waals surface area contributed by atoms with Crippen LogP contribution in [0.25, 0.3) is 0 Å². The third kappa shape index (κ3) is 3.75. The third-order valence-corrected chi connectivity index (χ3v) is 8.27. The van der Waals surface area contributed by atoms with Gasteiger partial charge in [0.25, 0.3) is 0 Å². The summed E-state index contributed by atoms with van der Waals surface area (Å²) in [7, 11) is 0.804. The smallest absolute Gasteiger partial charge is 0.225 e. The summed E-state index contributed by atoms with van der Waals surface area (Å²) in [6.45, 7) is 0. The van der Waals surface area contributed by atoms with Gasteiger partial charge in [-0.05, 0) is 30.3 Å². The number of benzene rings is 2. The molecule has 0 aliphatic carbocycles. The number of fused-ring (bicyclic) bond motifs is 1. The summed E-state index contributed by atoms with van der Waals surface area (Å²) in [6, 6.07) is 11.6. The molecule has 0 spiro atoms. The van der Waals surface area contributed by atoms with E-state index < -0.39 is 9.84 Å². The van der Waals surface area contributed by atoms with Crippen molar-refractivity contribution in [3.63, 3.8) is 0 Å². The highest BCUT2D eigenvalue weighted by atomic mass is 32.2. The minimum absolute atomic E-state index is 0.0863. The lowest BCUT2D eigenvalue weighted by Crippen LogP contribution is -2.23. The Morgan fingerprint density at radius 1 is 0.968 bits per heavy atom. The van der Waals surface area contributed by atoms with Crippen molar-refractivity contribution in [2.45, 2.75) is 22.1 Å². The van der Waals surface area contributed by atoms with Crippen molar-refractivity contribution in [1.82, 2.24) is 0 Å². The molecule has 1 atom stereocenters. The van der Waals surface area contributed by atoms with Crippen LogP contribution in [-0.4, -0.2) is 35.7 Å². The van der Waals surface area contributed by atoms with Crippen LogP contribution in [0.4, 0.5) is 5.69 Å². The van der Waals surface area contributed by atoms with Gasteiger partial charge in [0.1, 0.15) is 22.1 Å². The number of nitrogens with one attached hydrogen (secondary N) is 1. The minimum Gasteiger partial charge on any atom is -0.497 e. The molecule has 0 saturated heterocycles. The Labute approximate surface area is 184 Å². The largest absolute Gasteiger partial charge is 0.497 e. The van der Waals surface area contributed by atoms with Crippen LogP contribution < -0.4 is 19.5 Å². The Morgan fingerprint density at radius 3 is 2.29 bits per heavy atom. The molecule has 0 bridgehead atoms. The summed E-state index contributed by atoms with van der Waals surface area (Å²) >= 11 is 1.31. The highest BCUT2D eigenvalue weighted by Crippen LogP contribution is 2.48. The molecule has 3 aromatic rings. The molecular weight excluding hydrogens is 438 g/mol. The van der Waals surface area contributed by atoms with Crippen molar-refractivity contribution in [2.75, 3.05) is 26.6 Å². The van der Waals surface area contributed by atoms with Gasteiger partial charge in [0.2, 0.25) is 15.7 Å². The predicted molar refractivity (Wildman–Crippen MR) is 117 cm³/mol. The zero-order valence-electron chi connectivity index (χ0n) is 17.2. The highest BCUT2D eigenvalue weighted by Gasteiger charge is 2.35. The lowest BCUT2D eigenvalue weighted by atomic mass is 9.90. The Hall–Kier alpha value is -3.04. The van der Waals surface area contributed by atoms with Crippen LogP contribution in [0.1, 0.15) is 22.8 Å². The second-order valence-corrected chi connectivity index (χ2v) is 9.76. The molecule has 4 rings (SSSR count). The van der Waals surface area contributed by atoms with E-state index in [4.69, 9.17) is 14.2 Å². The normalized spacial score (nSPS) is 15.7. The first kappa shape index (κ1) is 21.2. The number of carbonyl (C=O) groups is 1. The maximum Gasteiger partial charge on any atom is 0.225 e. The van der Waals surface area contributed by atoms with Crippen molar-refractivity contribution in [3.05, 3.63) is 58.3 Å². The Balaban J connectivity index is 1.80. The lowest BCUT2D eigenvalue weighted by molar-refractivity contribution is -0.116. The van der Waals surface area contributed by atoms with Crippen LogP contribution in [0.2, 0.25) is 0 Å². The molecule has 0 saturated carbocycles. The summed E-state index contributed by atoms with van der Waals surface area (Å²) in [5, 5.41) is 4.35. The number of ether oxygens (including phenoxy) is 3. The van der Waals surface area contributed by atoms with Crippen molar-refractivity contribution in [1.29, 1.82) is 0 Å². The molecule has 1 aromatic heterocycles. The summed E-state index contributed by atoms with van der Waals surface area (Å²) < 4.78 is 42.5. The first-order valence-electron chi connectivity index (χ1n) is 9.41. The van der Waals surface area contributed by atoms with Gasteiger partial charge < -0.3 is 19.5 Å². The molecule has 1 N–H and O–H groups in total. The number of hydrogen-bond donors (Lipinski definition) is 1. The van der Waals surface area contributed by atoms with E-state index in [2.05, 4.69) is 5.32 Å². The highest BCUT2D eigenvalue weighted by molar-refractivity contribution is 7.91. The molecule has 7 nitrogen and oxygen atoms in total. The number of rotatable bonds is 6. The average molecular weight is 460 g/mol. The number of thiophene rings is 1. The molecular formula is C22H21NO6S2. The van der Waals surface area contributed by atoms with Crippen molar-refractivity contribution < 1.29 is 27.4 Å². The van der Waals surface area contributed by atoms with E-state index >= 15 is 0 Å². The first-order chi connectivity index (χ1) is 14.9. The fraction of sp³-hybridized carbons (Fsp3) is 0.227. The van der Waals surface area contributed by atoms with Gasteiger partial charge in [-0.25, -0.2) is 8.42 Å². The van der Waals surface area contributed by atoms with E-state index in [-0.39, 0.29) is 28.0 Å². The Morgan fingerprint density at radius 2 is 1.65 bits per heavy atom. The number of amides is 1. The van der Waals surface area contributed by atoms with Gasteiger partial charge in [0, 0.05) is 34.2 Å². The first-order valence-corrected chi connectivity index (χ1v) is 11.8. The van der Waals surface area contributed by atoms with Crippen LogP contribution in [0.15, 0.2) is 57.6 Å². The van der Waals surface area contributed by atoms with Crippen LogP contribution in [-0.2, 0) is 14.6 Å². The molecule has 162 valence electrons. The van der Waals surface area contributed by atoms with E-state index in [1.165, 1.54) is 30.6 Å². The maximum absolute atomic E-state index is 13.3. The summed E-state index contributed by atoms with van der Waals surface area (Å²) in [5.41, 5.74) is 1.13. The quantitative estimate of drug-likeness (QED) is 0.597. The molecule has 1 aliphatic heterocycles. The van der Waals surface area contributed by atoms with Gasteiger partial charge in [0.05, 0.1) is 31.9 Å². The monoisotopic (exact) mass is 459 g/mol. The van der Waals surface area contributed by atoms with E-state index in [0.29, 0.717) is 22.9 Å². The van der Waals surface area contributed by atoms with Gasteiger partial charge in [-0.15, -0.1) is 11.3 Å². The van der Waals surface area contributed by atoms with Gasteiger partial charge in [-0.3, -0.25) is 4.79 Å². The average Bonchev–Trinajstić information content (AvgIpc) is 3.22. The van der Waals surface area contributed by atoms with Gasteiger partial charge in [-0.2, -0.15) is 0 Å². The molecule has 0 fully saturated rings. The summed E-state index contributed by atoms with van der Waals surface area (Å²) in [5.74, 6) is 1.20. The fourth-order valence-corrected chi connectivity index (χ4v) is 6.54. The predicted octanol–water partition coefficient (Wildman–Crippen LogP) is 4.08. The van der Waals surface area contributed by atoms with Crippen LogP contribution in [0.3, 0.4) is 0 Å². The molecule has 0 unspecified atom stereocenters. The maximum atomic E-state index is 13.3. The SMILES string of the molecule is COc1ccc(S(=O)(=O)c2csc3c2NC(=O)C[C@@H]3c2ccc(OC)cc2OC)cc1. The van der Waals surface area contributed by atoms with Crippen molar-refractivity contribution in [3.8, 4) is 17.2 Å². The number of carbonyl (C=O) groups excluding carboxylic acids is 1. The topological polar surface area (TPSA) is 90.9 Å². The van der Waals surface area contributed by atoms with Gasteiger partial charge >= 0.3 is 0 Å². The summed E-state index contributed by atoms with van der Waals surface area (Å²) in [6.07, 6.45) is 0.193.